The molecule has 196 valence electrons. The fraction of sp³-hybridized carbons (Fsp3) is 0.577. The number of likely N-dealkylation sites (tertiary alicyclic amines) is 2. The van der Waals surface area contributed by atoms with Crippen molar-refractivity contribution in [3.05, 3.63) is 29.8 Å². The van der Waals surface area contributed by atoms with Crippen LogP contribution in [0.1, 0.15) is 50.4 Å². The second-order valence-corrected chi connectivity index (χ2v) is 11.4. The molecule has 0 radical (unpaired) electrons. The molecule has 1 aromatic carbocycles. The summed E-state index contributed by atoms with van der Waals surface area (Å²) in [6.07, 6.45) is 1.42. The van der Waals surface area contributed by atoms with Gasteiger partial charge in [0, 0.05) is 30.4 Å². The smallest absolute Gasteiger partial charge is 0.408 e. The van der Waals surface area contributed by atoms with E-state index in [1.807, 2.05) is 4.90 Å². The molecule has 3 heterocycles. The molecule has 0 unspecified atom stereocenters. The van der Waals surface area contributed by atoms with Crippen molar-refractivity contribution in [2.45, 2.75) is 75.8 Å². The van der Waals surface area contributed by atoms with Crippen molar-refractivity contribution < 1.29 is 23.9 Å². The molecule has 0 spiro atoms. The molecule has 1 aliphatic carbocycles. The van der Waals surface area contributed by atoms with Crippen molar-refractivity contribution >= 4 is 29.5 Å². The first-order chi connectivity index (χ1) is 17.5. The molecule has 11 nitrogen and oxygen atoms in total. The highest BCUT2D eigenvalue weighted by atomic mass is 16.6. The van der Waals surface area contributed by atoms with Gasteiger partial charge in [0.25, 0.3) is 0 Å². The van der Waals surface area contributed by atoms with Gasteiger partial charge in [-0.1, -0.05) is 0 Å². The number of nitrogens with two attached hydrogens (primary N) is 1. The van der Waals surface area contributed by atoms with E-state index in [-0.39, 0.29) is 30.4 Å². The summed E-state index contributed by atoms with van der Waals surface area (Å²) in [5, 5.41) is 12.3. The Bertz CT molecular complexity index is 1170. The number of alkyl carbamates (subject to hydrolysis) is 1. The third kappa shape index (κ3) is 4.73. The van der Waals surface area contributed by atoms with Gasteiger partial charge in [0.05, 0.1) is 18.2 Å². The lowest BCUT2D eigenvalue weighted by molar-refractivity contribution is -0.136. The third-order valence-corrected chi connectivity index (χ3v) is 7.61. The molecule has 6 atom stereocenters. The van der Waals surface area contributed by atoms with Gasteiger partial charge >= 0.3 is 6.09 Å². The summed E-state index contributed by atoms with van der Waals surface area (Å²) in [5.41, 5.74) is 5.64. The van der Waals surface area contributed by atoms with E-state index in [1.54, 1.807) is 54.8 Å². The zero-order valence-corrected chi connectivity index (χ0v) is 21.2. The number of nitrogens with one attached hydrogen (secondary N) is 1. The van der Waals surface area contributed by atoms with Gasteiger partial charge in [-0.3, -0.25) is 19.3 Å². The molecule has 0 aromatic heterocycles. The number of piperazine rings is 1. The Kier molecular flexibility index (Phi) is 6.10. The largest absolute Gasteiger partial charge is 0.444 e. The molecule has 4 amide bonds. The van der Waals surface area contributed by atoms with E-state index in [1.165, 1.54) is 0 Å². The number of nitriles is 1. The van der Waals surface area contributed by atoms with Crippen molar-refractivity contribution in [2.24, 2.45) is 11.7 Å². The summed E-state index contributed by atoms with van der Waals surface area (Å²) in [7, 11) is 0. The molecule has 1 aromatic rings. The highest BCUT2D eigenvalue weighted by Crippen LogP contribution is 2.48. The Morgan fingerprint density at radius 2 is 1.89 bits per heavy atom. The van der Waals surface area contributed by atoms with Crippen LogP contribution in [0, 0.1) is 17.2 Å². The average Bonchev–Trinajstić information content (AvgIpc) is 3.15. The molecular weight excluding hydrogens is 476 g/mol. The number of hydrogen-bond donors (Lipinski definition) is 2. The number of carbonyl (C=O) groups is 4. The van der Waals surface area contributed by atoms with Crippen LogP contribution in [0.25, 0.3) is 0 Å². The minimum Gasteiger partial charge on any atom is -0.444 e. The van der Waals surface area contributed by atoms with Gasteiger partial charge in [-0.15, -0.1) is 0 Å². The number of hydrogen-bond acceptors (Lipinski definition) is 7. The van der Waals surface area contributed by atoms with Crippen LogP contribution in [0.5, 0.6) is 0 Å². The van der Waals surface area contributed by atoms with E-state index in [0.717, 1.165) is 6.42 Å². The summed E-state index contributed by atoms with van der Waals surface area (Å²) < 4.78 is 5.41. The maximum absolute atomic E-state index is 13.6. The Labute approximate surface area is 215 Å². The monoisotopic (exact) mass is 508 g/mol. The number of fused-ring (bicyclic) bond motifs is 3. The highest BCUT2D eigenvalue weighted by molar-refractivity contribution is 6.02. The van der Waals surface area contributed by atoms with E-state index >= 15 is 0 Å². The van der Waals surface area contributed by atoms with Crippen molar-refractivity contribution in [2.75, 3.05) is 18.0 Å². The Balaban J connectivity index is 1.31. The van der Waals surface area contributed by atoms with Gasteiger partial charge in [-0.2, -0.15) is 5.26 Å². The van der Waals surface area contributed by atoms with Gasteiger partial charge in [0.2, 0.25) is 17.7 Å². The molecular formula is C26H32N6O5. The molecule has 37 heavy (non-hydrogen) atoms. The first kappa shape index (κ1) is 25.0. The quantitative estimate of drug-likeness (QED) is 0.582. The lowest BCUT2D eigenvalue weighted by atomic mass is 10.1. The number of benzene rings is 1. The first-order valence-electron chi connectivity index (χ1n) is 12.6. The summed E-state index contributed by atoms with van der Waals surface area (Å²) >= 11 is 0. The first-order valence-corrected chi connectivity index (χ1v) is 12.6. The maximum atomic E-state index is 13.6. The number of anilines is 1. The minimum absolute atomic E-state index is 0.0376. The van der Waals surface area contributed by atoms with Crippen LogP contribution in [0.4, 0.5) is 10.5 Å². The Morgan fingerprint density at radius 1 is 1.19 bits per heavy atom. The fourth-order valence-electron chi connectivity index (χ4n) is 5.93. The van der Waals surface area contributed by atoms with Gasteiger partial charge in [-0.05, 0) is 70.2 Å². The second-order valence-electron chi connectivity index (χ2n) is 11.4. The van der Waals surface area contributed by atoms with E-state index in [0.29, 0.717) is 36.6 Å². The van der Waals surface area contributed by atoms with Crippen molar-refractivity contribution in [1.29, 1.82) is 5.26 Å². The van der Waals surface area contributed by atoms with Gasteiger partial charge < -0.3 is 25.6 Å². The number of carbonyl (C=O) groups excluding carboxylic acids is 4. The number of nitrogens with zero attached hydrogens (tertiary/aromatic N) is 4. The standard InChI is InChI=1S/C26H32N6O5/c1-26(2,3)37-25(36)29-19(23(34)32-17(11-27)8-15-9-20(15)32)13-30-12-18-10-21(30)24(35)31(18)16-6-4-14(5-7-16)22(28)33/h4-7,15,17-21H,8-10,12-13H2,1-3H3,(H2,28,33)(H,29,36)/t15-,17+,18-,19+,20+,21-/m1/s1. The van der Waals surface area contributed by atoms with Crippen LogP contribution in [0.15, 0.2) is 24.3 Å². The molecule has 5 rings (SSSR count). The van der Waals surface area contributed by atoms with Crippen LogP contribution in [-0.2, 0) is 14.3 Å². The molecule has 1 saturated carbocycles. The average molecular weight is 509 g/mol. The number of ether oxygens (including phenoxy) is 1. The van der Waals surface area contributed by atoms with Crippen LogP contribution >= 0.6 is 0 Å². The number of rotatable bonds is 6. The lowest BCUT2D eigenvalue weighted by Gasteiger charge is -2.36. The normalized spacial score (nSPS) is 29.0. The number of primary amides is 1. The maximum Gasteiger partial charge on any atom is 0.408 e. The van der Waals surface area contributed by atoms with Gasteiger partial charge in [0.15, 0.2) is 0 Å². The molecule has 11 heteroatoms. The molecule has 3 N–H and O–H groups in total. The van der Waals surface area contributed by atoms with Crippen molar-refractivity contribution in [3.8, 4) is 6.07 Å². The molecule has 3 aliphatic heterocycles. The lowest BCUT2D eigenvalue weighted by Crippen LogP contribution is -2.59. The SMILES string of the molecule is CC(C)(C)OC(=O)N[C@@H](CN1C[C@H]2C[C@@H]1C(=O)N2c1ccc(C(N)=O)cc1)C(=O)N1[C@H](C#N)C[C@@H]2C[C@@H]21. The van der Waals surface area contributed by atoms with E-state index < -0.39 is 35.7 Å². The van der Waals surface area contributed by atoms with Gasteiger partial charge in [-0.25, -0.2) is 4.79 Å². The Morgan fingerprint density at radius 3 is 2.49 bits per heavy atom. The topological polar surface area (TPSA) is 149 Å². The summed E-state index contributed by atoms with van der Waals surface area (Å²) in [6.45, 7) is 5.90. The van der Waals surface area contributed by atoms with Crippen molar-refractivity contribution in [1.82, 2.24) is 15.1 Å². The van der Waals surface area contributed by atoms with E-state index in [2.05, 4.69) is 11.4 Å². The van der Waals surface area contributed by atoms with Crippen LogP contribution in [0.3, 0.4) is 0 Å². The van der Waals surface area contributed by atoms with Crippen LogP contribution in [-0.4, -0.2) is 82.5 Å². The van der Waals surface area contributed by atoms with Crippen molar-refractivity contribution in [3.63, 3.8) is 0 Å². The third-order valence-electron chi connectivity index (χ3n) is 7.61. The van der Waals surface area contributed by atoms with Crippen LogP contribution < -0.4 is 16.0 Å². The fourth-order valence-corrected chi connectivity index (χ4v) is 5.93. The summed E-state index contributed by atoms with van der Waals surface area (Å²) in [5.74, 6) is -0.592. The van der Waals surface area contributed by atoms with Crippen LogP contribution in [0.2, 0.25) is 0 Å². The summed E-state index contributed by atoms with van der Waals surface area (Å²) in [6, 6.07) is 6.89. The second kappa shape index (κ2) is 9.03. The molecule has 3 saturated heterocycles. The molecule has 4 aliphatic rings. The zero-order chi connectivity index (χ0) is 26.6. The predicted octanol–water partition coefficient (Wildman–Crippen LogP) is 0.981. The zero-order valence-electron chi connectivity index (χ0n) is 21.2. The Hall–Kier alpha value is -3.65. The predicted molar refractivity (Wildman–Crippen MR) is 132 cm³/mol. The number of amides is 4. The summed E-state index contributed by atoms with van der Waals surface area (Å²) in [4.78, 5) is 56.3. The molecule has 4 fully saturated rings. The highest BCUT2D eigenvalue weighted by Gasteiger charge is 2.56. The van der Waals surface area contributed by atoms with E-state index in [4.69, 9.17) is 10.5 Å². The minimum atomic E-state index is -0.944. The molecule has 2 bridgehead atoms. The van der Waals surface area contributed by atoms with E-state index in [9.17, 15) is 24.4 Å². The number of piperidine rings is 1. The van der Waals surface area contributed by atoms with Gasteiger partial charge in [0.1, 0.15) is 17.7 Å².